The fraction of sp³-hybridized carbons (Fsp3) is 0.263. The second kappa shape index (κ2) is 7.79. The molecule has 8 heteroatoms. The predicted molar refractivity (Wildman–Crippen MR) is 103 cm³/mol. The summed E-state index contributed by atoms with van der Waals surface area (Å²) in [4.78, 5) is 41.8. The second-order valence-electron chi connectivity index (χ2n) is 6.29. The summed E-state index contributed by atoms with van der Waals surface area (Å²) in [5.74, 6) is -1.11. The van der Waals surface area contributed by atoms with Crippen LogP contribution >= 0.6 is 11.8 Å². The number of pyridine rings is 1. The van der Waals surface area contributed by atoms with Crippen LogP contribution in [-0.2, 0) is 4.79 Å². The average Bonchev–Trinajstić information content (AvgIpc) is 3.14. The largest absolute Gasteiger partial charge is 0.477 e. The van der Waals surface area contributed by atoms with E-state index in [0.717, 1.165) is 11.1 Å². The highest BCUT2D eigenvalue weighted by Crippen LogP contribution is 2.24. The van der Waals surface area contributed by atoms with E-state index in [9.17, 15) is 14.4 Å². The number of thioether (sulfide) groups is 1. The lowest BCUT2D eigenvalue weighted by molar-refractivity contribution is -0.119. The molecule has 3 rings (SSSR count). The molecule has 1 aromatic carbocycles. The molecule has 1 aliphatic heterocycles. The van der Waals surface area contributed by atoms with Crippen molar-refractivity contribution in [3.8, 4) is 0 Å². The Kier molecular flexibility index (Phi) is 5.46. The lowest BCUT2D eigenvalue weighted by atomic mass is 10.1. The number of carboxylic acids is 1. The van der Waals surface area contributed by atoms with Crippen LogP contribution in [0.2, 0.25) is 0 Å². The summed E-state index contributed by atoms with van der Waals surface area (Å²) in [7, 11) is 0. The van der Waals surface area contributed by atoms with Crippen LogP contribution in [0.1, 0.15) is 32.1 Å². The number of aromatic nitrogens is 1. The smallest absolute Gasteiger partial charge is 0.354 e. The number of aromatic carboxylic acids is 1. The van der Waals surface area contributed by atoms with Gasteiger partial charge in [-0.2, -0.15) is 0 Å². The van der Waals surface area contributed by atoms with E-state index in [1.54, 1.807) is 0 Å². The minimum Gasteiger partial charge on any atom is -0.477 e. The summed E-state index contributed by atoms with van der Waals surface area (Å²) >= 11 is 1.47. The van der Waals surface area contributed by atoms with Crippen molar-refractivity contribution in [1.29, 1.82) is 0 Å². The number of carbonyl (C=O) groups excluding carboxylic acids is 2. The molecule has 2 heterocycles. The molecule has 1 atom stereocenters. The Hall–Kier alpha value is -2.87. The molecule has 7 nitrogen and oxygen atoms in total. The molecule has 1 aliphatic rings. The van der Waals surface area contributed by atoms with E-state index in [4.69, 9.17) is 5.11 Å². The number of hydrogen-bond acceptors (Lipinski definition) is 5. The fourth-order valence-electron chi connectivity index (χ4n) is 2.72. The van der Waals surface area contributed by atoms with Gasteiger partial charge >= 0.3 is 5.97 Å². The average molecular weight is 385 g/mol. The number of carboxylic acid groups (broad SMARTS) is 1. The molecule has 0 aliphatic carbocycles. The quantitative estimate of drug-likeness (QED) is 0.839. The highest BCUT2D eigenvalue weighted by atomic mass is 32.2. The van der Waals surface area contributed by atoms with Crippen LogP contribution in [0.25, 0.3) is 0 Å². The maximum atomic E-state index is 12.8. The first-order valence-electron chi connectivity index (χ1n) is 8.34. The van der Waals surface area contributed by atoms with E-state index in [0.29, 0.717) is 17.3 Å². The van der Waals surface area contributed by atoms with Gasteiger partial charge in [0.15, 0.2) is 0 Å². The third-order valence-corrected chi connectivity index (χ3v) is 5.42. The van der Waals surface area contributed by atoms with Crippen LogP contribution in [0, 0.1) is 13.8 Å². The molecule has 2 aromatic rings. The summed E-state index contributed by atoms with van der Waals surface area (Å²) in [6, 6.07) is 9.25. The highest BCUT2D eigenvalue weighted by molar-refractivity contribution is 7.99. The molecule has 1 fully saturated rings. The Morgan fingerprint density at radius 1 is 1.15 bits per heavy atom. The fourth-order valence-corrected chi connectivity index (χ4v) is 3.88. The van der Waals surface area contributed by atoms with Gasteiger partial charge in [-0.15, -0.1) is 11.8 Å². The van der Waals surface area contributed by atoms with Gasteiger partial charge in [0.05, 0.1) is 5.88 Å². The number of benzene rings is 1. The van der Waals surface area contributed by atoms with Gasteiger partial charge < -0.3 is 15.3 Å². The van der Waals surface area contributed by atoms with Crippen molar-refractivity contribution < 1.29 is 19.5 Å². The third kappa shape index (κ3) is 4.11. The van der Waals surface area contributed by atoms with E-state index in [-0.39, 0.29) is 17.3 Å². The molecule has 0 bridgehead atoms. The summed E-state index contributed by atoms with van der Waals surface area (Å²) in [5, 5.41) is 11.9. The number of rotatable bonds is 4. The van der Waals surface area contributed by atoms with Gasteiger partial charge in [0.25, 0.3) is 5.91 Å². The van der Waals surface area contributed by atoms with Crippen molar-refractivity contribution in [2.45, 2.75) is 19.9 Å². The zero-order valence-electron chi connectivity index (χ0n) is 14.9. The molecule has 0 saturated carbocycles. The van der Waals surface area contributed by atoms with Crippen molar-refractivity contribution in [3.63, 3.8) is 0 Å². The third-order valence-electron chi connectivity index (χ3n) is 4.41. The number of amides is 2. The molecular weight excluding hydrogens is 366 g/mol. The van der Waals surface area contributed by atoms with Crippen LogP contribution in [0.5, 0.6) is 0 Å². The van der Waals surface area contributed by atoms with Crippen LogP contribution in [-0.4, -0.2) is 50.4 Å². The van der Waals surface area contributed by atoms with Crippen LogP contribution < -0.4 is 5.32 Å². The van der Waals surface area contributed by atoms with E-state index in [2.05, 4.69) is 10.3 Å². The van der Waals surface area contributed by atoms with Gasteiger partial charge in [-0.05, 0) is 49.2 Å². The lowest BCUT2D eigenvalue weighted by Crippen LogP contribution is -2.44. The Morgan fingerprint density at radius 3 is 2.59 bits per heavy atom. The standard InChI is InChI=1S/C19H19N3O4S/c1-11-6-7-13(8-12(11)2)20-17(23)16-9-27-10-22(16)18(24)14-4-3-5-15(21-14)19(25)26/h3-8,16H,9-10H2,1-2H3,(H,20,23)(H,25,26). The molecule has 140 valence electrons. The first kappa shape index (κ1) is 18.9. The maximum Gasteiger partial charge on any atom is 0.354 e. The Bertz CT molecular complexity index is 916. The van der Waals surface area contributed by atoms with Gasteiger partial charge in [-0.1, -0.05) is 12.1 Å². The normalized spacial score (nSPS) is 16.2. The van der Waals surface area contributed by atoms with Gasteiger partial charge in [0.2, 0.25) is 5.91 Å². The van der Waals surface area contributed by atoms with E-state index >= 15 is 0 Å². The Balaban J connectivity index is 1.77. The van der Waals surface area contributed by atoms with Crippen molar-refractivity contribution >= 4 is 35.2 Å². The monoisotopic (exact) mass is 385 g/mol. The van der Waals surface area contributed by atoms with Crippen LogP contribution in [0.15, 0.2) is 36.4 Å². The zero-order valence-corrected chi connectivity index (χ0v) is 15.7. The van der Waals surface area contributed by atoms with E-state index in [1.165, 1.54) is 34.9 Å². The minimum absolute atomic E-state index is 0.0152. The van der Waals surface area contributed by atoms with Crippen molar-refractivity contribution in [3.05, 3.63) is 58.9 Å². The van der Waals surface area contributed by atoms with E-state index in [1.807, 2.05) is 32.0 Å². The maximum absolute atomic E-state index is 12.8. The Labute approximate surface area is 160 Å². The molecule has 2 N–H and O–H groups in total. The van der Waals surface area contributed by atoms with Gasteiger partial charge in [0, 0.05) is 11.4 Å². The summed E-state index contributed by atoms with van der Waals surface area (Å²) in [6.45, 7) is 3.96. The summed E-state index contributed by atoms with van der Waals surface area (Å²) in [5.41, 5.74) is 2.69. The van der Waals surface area contributed by atoms with E-state index < -0.39 is 17.9 Å². The minimum atomic E-state index is -1.20. The van der Waals surface area contributed by atoms with Crippen LogP contribution in [0.3, 0.4) is 0 Å². The molecule has 1 aromatic heterocycles. The SMILES string of the molecule is Cc1ccc(NC(=O)C2CSCN2C(=O)c2cccc(C(=O)O)n2)cc1C. The Morgan fingerprint density at radius 2 is 1.89 bits per heavy atom. The molecule has 0 radical (unpaired) electrons. The van der Waals surface area contributed by atoms with Crippen molar-refractivity contribution in [1.82, 2.24) is 9.88 Å². The van der Waals surface area contributed by atoms with Gasteiger partial charge in [-0.3, -0.25) is 9.59 Å². The van der Waals surface area contributed by atoms with Gasteiger partial charge in [-0.25, -0.2) is 9.78 Å². The zero-order chi connectivity index (χ0) is 19.6. The molecule has 27 heavy (non-hydrogen) atoms. The number of anilines is 1. The second-order valence-corrected chi connectivity index (χ2v) is 7.29. The molecule has 2 amide bonds. The molecule has 1 saturated heterocycles. The van der Waals surface area contributed by atoms with Crippen LogP contribution in [0.4, 0.5) is 5.69 Å². The summed E-state index contributed by atoms with van der Waals surface area (Å²) in [6.07, 6.45) is 0. The molecule has 1 unspecified atom stereocenters. The van der Waals surface area contributed by atoms with Gasteiger partial charge in [0.1, 0.15) is 17.4 Å². The molecule has 0 spiro atoms. The first-order chi connectivity index (χ1) is 12.9. The van der Waals surface area contributed by atoms with Crippen molar-refractivity contribution in [2.75, 3.05) is 16.9 Å². The number of nitrogens with one attached hydrogen (secondary N) is 1. The lowest BCUT2D eigenvalue weighted by Gasteiger charge is -2.23. The number of nitrogens with zero attached hydrogens (tertiary/aromatic N) is 2. The number of carbonyl (C=O) groups is 3. The highest BCUT2D eigenvalue weighted by Gasteiger charge is 2.35. The number of aryl methyl sites for hydroxylation is 2. The summed E-state index contributed by atoms with van der Waals surface area (Å²) < 4.78 is 0. The molecular formula is C19H19N3O4S. The topological polar surface area (TPSA) is 99.6 Å². The van der Waals surface area contributed by atoms with Crippen molar-refractivity contribution in [2.24, 2.45) is 0 Å². The number of hydrogen-bond donors (Lipinski definition) is 2. The first-order valence-corrected chi connectivity index (χ1v) is 9.49. The predicted octanol–water partition coefficient (Wildman–Crippen LogP) is 2.55.